The van der Waals surface area contributed by atoms with Crippen molar-refractivity contribution >= 4 is 38.9 Å². The molecule has 0 radical (unpaired) electrons. The minimum atomic E-state index is -3.71. The third-order valence-electron chi connectivity index (χ3n) is 6.23. The first-order chi connectivity index (χ1) is 15.4. The van der Waals surface area contributed by atoms with Gasteiger partial charge in [0, 0.05) is 28.9 Å². The summed E-state index contributed by atoms with van der Waals surface area (Å²) in [7, 11) is -3.71. The van der Waals surface area contributed by atoms with E-state index in [2.05, 4.69) is 13.0 Å². The summed E-state index contributed by atoms with van der Waals surface area (Å²) < 4.78 is 28.0. The van der Waals surface area contributed by atoms with Crippen molar-refractivity contribution in [1.82, 2.24) is 0 Å². The highest BCUT2D eigenvalue weighted by Gasteiger charge is 2.33. The van der Waals surface area contributed by atoms with Crippen LogP contribution in [0.5, 0.6) is 0 Å². The first-order valence-electron chi connectivity index (χ1n) is 10.7. The van der Waals surface area contributed by atoms with Crippen LogP contribution in [0, 0.1) is 0 Å². The lowest BCUT2D eigenvalue weighted by atomic mass is 10.00. The Labute approximate surface area is 193 Å². The molecule has 2 aliphatic rings. The van der Waals surface area contributed by atoms with Gasteiger partial charge >= 0.3 is 0 Å². The minimum absolute atomic E-state index is 0.0528. The molecule has 0 saturated heterocycles. The van der Waals surface area contributed by atoms with Crippen molar-refractivity contribution < 1.29 is 13.2 Å². The second-order valence-corrected chi connectivity index (χ2v) is 10.6. The van der Waals surface area contributed by atoms with Crippen LogP contribution in [0.15, 0.2) is 71.6 Å². The molecule has 0 fully saturated rings. The molecule has 164 valence electrons. The van der Waals surface area contributed by atoms with Gasteiger partial charge in [0.1, 0.15) is 0 Å². The Bertz CT molecular complexity index is 1310. The molecule has 0 bridgehead atoms. The average molecular weight is 467 g/mol. The maximum absolute atomic E-state index is 13.4. The lowest BCUT2D eigenvalue weighted by Gasteiger charge is -2.31. The molecule has 0 spiro atoms. The summed E-state index contributed by atoms with van der Waals surface area (Å²) in [4.78, 5) is 15.5. The van der Waals surface area contributed by atoms with E-state index in [1.54, 1.807) is 24.3 Å². The number of para-hydroxylation sites is 1. The van der Waals surface area contributed by atoms with Gasteiger partial charge < -0.3 is 4.90 Å². The van der Waals surface area contributed by atoms with Crippen LogP contribution in [-0.4, -0.2) is 26.9 Å². The fraction of sp³-hybridized carbons (Fsp3) is 0.240. The Morgan fingerprint density at radius 3 is 2.50 bits per heavy atom. The summed E-state index contributed by atoms with van der Waals surface area (Å²) in [6.07, 6.45) is 2.26. The number of sulfonamides is 1. The van der Waals surface area contributed by atoms with Crippen LogP contribution in [0.1, 0.15) is 34.8 Å². The minimum Gasteiger partial charge on any atom is -0.305 e. The second-order valence-electron chi connectivity index (χ2n) is 8.34. The van der Waals surface area contributed by atoms with Crippen molar-refractivity contribution in [2.45, 2.75) is 37.1 Å². The van der Waals surface area contributed by atoms with E-state index in [0.717, 1.165) is 24.1 Å². The molecule has 7 heteroatoms. The van der Waals surface area contributed by atoms with E-state index >= 15 is 0 Å². The van der Waals surface area contributed by atoms with Gasteiger partial charge in [-0.1, -0.05) is 29.8 Å². The van der Waals surface area contributed by atoms with Crippen molar-refractivity contribution in [1.29, 1.82) is 0 Å². The SMILES string of the molecule is C[C@H]1Cc2ccccc2N1C(=O)c1ccc2c(c1)CCCN2S(=O)(=O)c1ccc(Cl)cc1. The standard InChI is InChI=1S/C25H23ClN2O3S/c1-17-15-18-5-2-3-7-24(18)28(17)25(29)20-8-13-23-19(16-20)6-4-14-27(23)32(30,31)22-11-9-21(26)10-12-22/h2-3,5,7-13,16-17H,4,6,14-15H2,1H3/t17-/m0/s1. The number of halogens is 1. The highest BCUT2D eigenvalue weighted by molar-refractivity contribution is 7.92. The molecule has 2 heterocycles. The fourth-order valence-corrected chi connectivity index (χ4v) is 6.36. The van der Waals surface area contributed by atoms with E-state index < -0.39 is 10.0 Å². The van der Waals surface area contributed by atoms with E-state index in [0.29, 0.717) is 29.2 Å². The Morgan fingerprint density at radius 1 is 0.969 bits per heavy atom. The predicted molar refractivity (Wildman–Crippen MR) is 127 cm³/mol. The Balaban J connectivity index is 1.49. The Kier molecular flexibility index (Phi) is 5.22. The third kappa shape index (κ3) is 3.48. The van der Waals surface area contributed by atoms with E-state index in [4.69, 9.17) is 11.6 Å². The number of amides is 1. The van der Waals surface area contributed by atoms with E-state index in [9.17, 15) is 13.2 Å². The van der Waals surface area contributed by atoms with Crippen molar-refractivity contribution in [3.8, 4) is 0 Å². The zero-order valence-corrected chi connectivity index (χ0v) is 19.2. The lowest BCUT2D eigenvalue weighted by molar-refractivity contribution is 0.0981. The van der Waals surface area contributed by atoms with Crippen LogP contribution in [0.25, 0.3) is 0 Å². The van der Waals surface area contributed by atoms with E-state index in [1.807, 2.05) is 29.2 Å². The van der Waals surface area contributed by atoms with Gasteiger partial charge in [0.05, 0.1) is 10.6 Å². The molecular weight excluding hydrogens is 444 g/mol. The average Bonchev–Trinajstić information content (AvgIpc) is 3.13. The number of nitrogens with zero attached hydrogens (tertiary/aromatic N) is 2. The highest BCUT2D eigenvalue weighted by Crippen LogP contribution is 2.36. The monoisotopic (exact) mass is 466 g/mol. The van der Waals surface area contributed by atoms with Crippen molar-refractivity contribution in [2.24, 2.45) is 0 Å². The van der Waals surface area contributed by atoms with Crippen molar-refractivity contribution in [2.75, 3.05) is 15.7 Å². The van der Waals surface area contributed by atoms with Crippen LogP contribution in [0.4, 0.5) is 11.4 Å². The maximum Gasteiger partial charge on any atom is 0.264 e. The third-order valence-corrected chi connectivity index (χ3v) is 8.31. The van der Waals surface area contributed by atoms with Crippen LogP contribution in [-0.2, 0) is 22.9 Å². The zero-order valence-electron chi connectivity index (χ0n) is 17.7. The van der Waals surface area contributed by atoms with Crippen molar-refractivity contribution in [3.05, 3.63) is 88.4 Å². The number of fused-ring (bicyclic) bond motifs is 2. The molecule has 3 aromatic rings. The number of carbonyl (C=O) groups excluding carboxylic acids is 1. The van der Waals surface area contributed by atoms with E-state index in [-0.39, 0.29) is 16.8 Å². The van der Waals surface area contributed by atoms with Gasteiger partial charge in [-0.25, -0.2) is 8.42 Å². The molecule has 0 aliphatic carbocycles. The fourth-order valence-electron chi connectivity index (χ4n) is 4.69. The topological polar surface area (TPSA) is 57.7 Å². The number of carbonyl (C=O) groups is 1. The van der Waals surface area contributed by atoms with Gasteiger partial charge in [-0.05, 0) is 85.8 Å². The molecule has 1 amide bonds. The number of rotatable bonds is 3. The molecule has 5 rings (SSSR count). The summed E-state index contributed by atoms with van der Waals surface area (Å²) in [5.74, 6) is -0.0528. The quantitative estimate of drug-likeness (QED) is 0.541. The predicted octanol–water partition coefficient (Wildman–Crippen LogP) is 5.07. The molecule has 5 nitrogen and oxygen atoms in total. The van der Waals surface area contributed by atoms with Gasteiger partial charge in [0.2, 0.25) is 0 Å². The summed E-state index contributed by atoms with van der Waals surface area (Å²) >= 11 is 5.93. The number of hydrogen-bond acceptors (Lipinski definition) is 3. The molecule has 1 atom stereocenters. The Morgan fingerprint density at radius 2 is 1.72 bits per heavy atom. The molecule has 0 aromatic heterocycles. The molecular formula is C25H23ClN2O3S. The molecule has 32 heavy (non-hydrogen) atoms. The van der Waals surface area contributed by atoms with E-state index in [1.165, 1.54) is 22.0 Å². The van der Waals surface area contributed by atoms with Crippen LogP contribution in [0.2, 0.25) is 5.02 Å². The van der Waals surface area contributed by atoms with Gasteiger partial charge in [-0.3, -0.25) is 9.10 Å². The molecule has 0 saturated carbocycles. The lowest BCUT2D eigenvalue weighted by Crippen LogP contribution is -2.37. The summed E-state index contributed by atoms with van der Waals surface area (Å²) in [5.41, 5.74) is 4.22. The van der Waals surface area contributed by atoms with Crippen LogP contribution < -0.4 is 9.21 Å². The number of aryl methyl sites for hydroxylation is 1. The van der Waals surface area contributed by atoms with Crippen LogP contribution >= 0.6 is 11.6 Å². The largest absolute Gasteiger partial charge is 0.305 e. The maximum atomic E-state index is 13.4. The van der Waals surface area contributed by atoms with Gasteiger partial charge in [-0.2, -0.15) is 0 Å². The number of benzene rings is 3. The van der Waals surface area contributed by atoms with Crippen LogP contribution in [0.3, 0.4) is 0 Å². The van der Waals surface area contributed by atoms with Gasteiger partial charge in [-0.15, -0.1) is 0 Å². The Hall–Kier alpha value is -2.83. The second kappa shape index (κ2) is 7.94. The highest BCUT2D eigenvalue weighted by atomic mass is 35.5. The number of hydrogen-bond donors (Lipinski definition) is 0. The normalized spacial score (nSPS) is 17.8. The summed E-state index contributed by atoms with van der Waals surface area (Å²) in [6, 6.07) is 19.6. The smallest absolute Gasteiger partial charge is 0.264 e. The molecule has 3 aromatic carbocycles. The van der Waals surface area contributed by atoms with Gasteiger partial charge in [0.15, 0.2) is 0 Å². The molecule has 0 N–H and O–H groups in total. The first-order valence-corrected chi connectivity index (χ1v) is 12.5. The molecule has 0 unspecified atom stereocenters. The summed E-state index contributed by atoms with van der Waals surface area (Å²) in [5, 5.41) is 0.490. The van der Waals surface area contributed by atoms with Gasteiger partial charge in [0.25, 0.3) is 15.9 Å². The number of anilines is 2. The first kappa shape index (κ1) is 21.0. The van der Waals surface area contributed by atoms with Crippen molar-refractivity contribution in [3.63, 3.8) is 0 Å². The molecule has 2 aliphatic heterocycles. The summed E-state index contributed by atoms with van der Waals surface area (Å²) in [6.45, 7) is 2.46. The zero-order chi connectivity index (χ0) is 22.5.